The summed E-state index contributed by atoms with van der Waals surface area (Å²) in [7, 11) is 0. The van der Waals surface area contributed by atoms with Gasteiger partial charge < -0.3 is 14.2 Å². The minimum atomic E-state index is -0.769. The molecular weight excluding hydrogens is 817 g/mol. The quantitative estimate of drug-likeness (QED) is 0.0262. The zero-order valence-electron chi connectivity index (χ0n) is 44.2. The molecule has 0 saturated carbocycles. The molecule has 1 unspecified atom stereocenters. The smallest absolute Gasteiger partial charge is 0.306 e. The molecule has 386 valence electrons. The molecule has 0 bridgehead atoms. The van der Waals surface area contributed by atoms with Crippen LogP contribution in [-0.4, -0.2) is 37.2 Å². The van der Waals surface area contributed by atoms with Gasteiger partial charge in [-0.1, -0.05) is 276 Å². The average Bonchev–Trinajstić information content (AvgIpc) is 3.31. The number of hydrogen-bond acceptors (Lipinski definition) is 6. The highest BCUT2D eigenvalue weighted by Crippen LogP contribution is 2.17. The number of unbranched alkanes of at least 4 members (excludes halogenated alkanes) is 36. The van der Waals surface area contributed by atoms with Crippen LogP contribution >= 0.6 is 0 Å². The van der Waals surface area contributed by atoms with E-state index in [4.69, 9.17) is 14.2 Å². The second kappa shape index (κ2) is 55.2. The van der Waals surface area contributed by atoms with E-state index in [1.165, 1.54) is 193 Å². The lowest BCUT2D eigenvalue weighted by molar-refractivity contribution is -0.167. The van der Waals surface area contributed by atoms with Crippen LogP contribution in [0.5, 0.6) is 0 Å². The Morgan fingerprint density at radius 1 is 0.318 bits per heavy atom. The highest BCUT2D eigenvalue weighted by molar-refractivity contribution is 5.71. The number of ether oxygens (including phenoxy) is 3. The first-order valence-corrected chi connectivity index (χ1v) is 29.0. The standard InChI is InChI=1S/C60H110O6/c1-4-7-10-13-16-19-22-25-27-29-30-32-33-35-38-41-44-47-50-53-59(62)65-56-57(55-64-58(61)52-49-46-43-40-37-24-21-18-15-12-9-6-3)66-60(63)54-51-48-45-42-39-36-34-31-28-26-23-20-17-14-11-8-5-2/h7,10,16,19,25,27,57H,4-6,8-9,11-15,17-18,20-24,26,28-56H2,1-3H3/b10-7-,19-16-,27-25-. The van der Waals surface area contributed by atoms with Gasteiger partial charge in [0, 0.05) is 19.3 Å². The third-order valence-corrected chi connectivity index (χ3v) is 12.9. The fraction of sp³-hybridized carbons (Fsp3) is 0.850. The van der Waals surface area contributed by atoms with Crippen molar-refractivity contribution < 1.29 is 28.6 Å². The molecule has 0 aromatic rings. The summed E-state index contributed by atoms with van der Waals surface area (Å²) < 4.78 is 16.9. The molecule has 6 heteroatoms. The van der Waals surface area contributed by atoms with Gasteiger partial charge in [-0.3, -0.25) is 14.4 Å². The molecule has 0 rings (SSSR count). The third-order valence-electron chi connectivity index (χ3n) is 12.9. The van der Waals surface area contributed by atoms with Gasteiger partial charge in [-0.25, -0.2) is 0 Å². The summed E-state index contributed by atoms with van der Waals surface area (Å²) in [6, 6.07) is 0. The van der Waals surface area contributed by atoms with Crippen molar-refractivity contribution >= 4 is 17.9 Å². The summed E-state index contributed by atoms with van der Waals surface area (Å²) in [4.78, 5) is 38.1. The summed E-state index contributed by atoms with van der Waals surface area (Å²) in [5.41, 5.74) is 0. The first-order valence-electron chi connectivity index (χ1n) is 29.0. The maximum Gasteiger partial charge on any atom is 0.306 e. The Kier molecular flexibility index (Phi) is 53.2. The molecule has 0 aliphatic rings. The number of carbonyl (C=O) groups is 3. The van der Waals surface area contributed by atoms with Gasteiger partial charge >= 0.3 is 17.9 Å². The van der Waals surface area contributed by atoms with Crippen molar-refractivity contribution in [3.05, 3.63) is 36.5 Å². The third kappa shape index (κ3) is 52.6. The van der Waals surface area contributed by atoms with Gasteiger partial charge in [0.05, 0.1) is 0 Å². The van der Waals surface area contributed by atoms with Crippen LogP contribution in [0.4, 0.5) is 0 Å². The average molecular weight is 928 g/mol. The van der Waals surface area contributed by atoms with Gasteiger partial charge in [-0.15, -0.1) is 0 Å². The van der Waals surface area contributed by atoms with Gasteiger partial charge in [-0.2, -0.15) is 0 Å². The maximum absolute atomic E-state index is 12.9. The molecule has 0 aliphatic heterocycles. The largest absolute Gasteiger partial charge is 0.462 e. The fourth-order valence-corrected chi connectivity index (χ4v) is 8.58. The molecule has 0 radical (unpaired) electrons. The van der Waals surface area contributed by atoms with Crippen LogP contribution in [0.3, 0.4) is 0 Å². The molecule has 0 aromatic heterocycles. The summed E-state index contributed by atoms with van der Waals surface area (Å²) in [5, 5.41) is 0. The van der Waals surface area contributed by atoms with Gasteiger partial charge in [0.2, 0.25) is 0 Å². The van der Waals surface area contributed by atoms with Gasteiger partial charge in [0.1, 0.15) is 13.2 Å². The van der Waals surface area contributed by atoms with E-state index < -0.39 is 6.10 Å². The molecule has 1 atom stereocenters. The topological polar surface area (TPSA) is 78.9 Å². The molecular formula is C60H110O6. The molecule has 0 fully saturated rings. The van der Waals surface area contributed by atoms with E-state index in [0.29, 0.717) is 19.3 Å². The molecule has 0 N–H and O–H groups in total. The van der Waals surface area contributed by atoms with E-state index in [-0.39, 0.29) is 31.1 Å². The van der Waals surface area contributed by atoms with E-state index >= 15 is 0 Å². The Bertz CT molecular complexity index is 1110. The Labute approximate surface area is 410 Å². The lowest BCUT2D eigenvalue weighted by Gasteiger charge is -2.18. The van der Waals surface area contributed by atoms with Crippen LogP contribution in [0.25, 0.3) is 0 Å². The molecule has 0 spiro atoms. The van der Waals surface area contributed by atoms with Crippen LogP contribution in [0.15, 0.2) is 36.5 Å². The van der Waals surface area contributed by atoms with Crippen molar-refractivity contribution in [3.8, 4) is 0 Å². The van der Waals surface area contributed by atoms with Crippen LogP contribution in [-0.2, 0) is 28.6 Å². The second-order valence-corrected chi connectivity index (χ2v) is 19.5. The van der Waals surface area contributed by atoms with Crippen LogP contribution in [0, 0.1) is 0 Å². The summed E-state index contributed by atoms with van der Waals surface area (Å²) in [6.45, 7) is 6.57. The fourth-order valence-electron chi connectivity index (χ4n) is 8.58. The summed E-state index contributed by atoms with van der Waals surface area (Å²) in [6.07, 6.45) is 65.6. The van der Waals surface area contributed by atoms with E-state index in [0.717, 1.165) is 77.0 Å². The number of allylic oxidation sites excluding steroid dienone is 6. The van der Waals surface area contributed by atoms with E-state index in [2.05, 4.69) is 57.2 Å². The van der Waals surface area contributed by atoms with Gasteiger partial charge in [0.15, 0.2) is 6.10 Å². The van der Waals surface area contributed by atoms with E-state index in [1.54, 1.807) is 0 Å². The molecule has 0 saturated heterocycles. The molecule has 0 aliphatic carbocycles. The monoisotopic (exact) mass is 927 g/mol. The SMILES string of the molecule is CC/C=C\C/C=C\C/C=C\CCCCCCCCCCCC(=O)OCC(COC(=O)CCCCCCCCCCCCCC)OC(=O)CCCCCCCCCCCCCCCCCCC. The molecule has 66 heavy (non-hydrogen) atoms. The van der Waals surface area contributed by atoms with Crippen LogP contribution in [0.1, 0.15) is 310 Å². The Morgan fingerprint density at radius 3 is 0.924 bits per heavy atom. The molecule has 0 amide bonds. The maximum atomic E-state index is 12.9. The van der Waals surface area contributed by atoms with E-state index in [9.17, 15) is 14.4 Å². The van der Waals surface area contributed by atoms with E-state index in [1.807, 2.05) is 0 Å². The van der Waals surface area contributed by atoms with Crippen molar-refractivity contribution in [2.45, 2.75) is 316 Å². The Balaban J connectivity index is 4.30. The molecule has 0 heterocycles. The predicted octanol–water partition coefficient (Wildman–Crippen LogP) is 19.3. The van der Waals surface area contributed by atoms with Crippen LogP contribution < -0.4 is 0 Å². The minimum Gasteiger partial charge on any atom is -0.462 e. The zero-order chi connectivity index (χ0) is 47.9. The van der Waals surface area contributed by atoms with Gasteiger partial charge in [0.25, 0.3) is 0 Å². The Hall–Kier alpha value is -2.37. The number of esters is 3. The number of carbonyl (C=O) groups excluding carboxylic acids is 3. The summed E-state index contributed by atoms with van der Waals surface area (Å²) in [5.74, 6) is -0.855. The molecule has 0 aromatic carbocycles. The van der Waals surface area contributed by atoms with Gasteiger partial charge in [-0.05, 0) is 51.4 Å². The Morgan fingerprint density at radius 2 is 0.591 bits per heavy atom. The predicted molar refractivity (Wildman–Crippen MR) is 284 cm³/mol. The first-order chi connectivity index (χ1) is 32.5. The number of hydrogen-bond donors (Lipinski definition) is 0. The van der Waals surface area contributed by atoms with Crippen molar-refractivity contribution in [1.82, 2.24) is 0 Å². The van der Waals surface area contributed by atoms with Crippen molar-refractivity contribution in [1.29, 1.82) is 0 Å². The van der Waals surface area contributed by atoms with Crippen molar-refractivity contribution in [3.63, 3.8) is 0 Å². The van der Waals surface area contributed by atoms with Crippen molar-refractivity contribution in [2.75, 3.05) is 13.2 Å². The number of rotatable bonds is 53. The first kappa shape index (κ1) is 63.6. The normalized spacial score (nSPS) is 12.2. The minimum absolute atomic E-state index is 0.0686. The lowest BCUT2D eigenvalue weighted by atomic mass is 10.0. The highest BCUT2D eigenvalue weighted by Gasteiger charge is 2.19. The highest BCUT2D eigenvalue weighted by atomic mass is 16.6. The summed E-state index contributed by atoms with van der Waals surface area (Å²) >= 11 is 0. The second-order valence-electron chi connectivity index (χ2n) is 19.5. The van der Waals surface area contributed by atoms with Crippen LogP contribution in [0.2, 0.25) is 0 Å². The van der Waals surface area contributed by atoms with Crippen molar-refractivity contribution in [2.24, 2.45) is 0 Å². The molecule has 6 nitrogen and oxygen atoms in total. The lowest BCUT2D eigenvalue weighted by Crippen LogP contribution is -2.30. The zero-order valence-corrected chi connectivity index (χ0v) is 44.2.